The zero-order valence-corrected chi connectivity index (χ0v) is 12.0. The van der Waals surface area contributed by atoms with E-state index >= 15 is 0 Å². The highest BCUT2D eigenvalue weighted by atomic mass is 35.5. The van der Waals surface area contributed by atoms with Crippen LogP contribution in [0.4, 0.5) is 0 Å². The van der Waals surface area contributed by atoms with Gasteiger partial charge in [0.2, 0.25) is 0 Å². The SMILES string of the molecule is CC[C@@H](c1cccc(O)c1)[C@@H](C)CN(C)C.Cl. The van der Waals surface area contributed by atoms with Gasteiger partial charge in [-0.3, -0.25) is 0 Å². The maximum absolute atomic E-state index is 9.51. The van der Waals surface area contributed by atoms with Crippen LogP contribution < -0.4 is 0 Å². The van der Waals surface area contributed by atoms with Crippen molar-refractivity contribution in [2.75, 3.05) is 20.6 Å². The van der Waals surface area contributed by atoms with Gasteiger partial charge in [-0.2, -0.15) is 0 Å². The van der Waals surface area contributed by atoms with Crippen LogP contribution in [0.1, 0.15) is 31.7 Å². The van der Waals surface area contributed by atoms with E-state index in [9.17, 15) is 5.11 Å². The molecular formula is C14H24ClNO. The van der Waals surface area contributed by atoms with Crippen molar-refractivity contribution >= 4 is 12.4 Å². The number of phenolic OH excluding ortho intramolecular Hbond substituents is 1. The van der Waals surface area contributed by atoms with E-state index in [0.29, 0.717) is 17.6 Å². The number of phenols is 1. The maximum atomic E-state index is 9.51. The molecule has 1 aromatic rings. The smallest absolute Gasteiger partial charge is 0.115 e. The molecule has 2 atom stereocenters. The summed E-state index contributed by atoms with van der Waals surface area (Å²) in [6.07, 6.45) is 1.11. The number of nitrogens with zero attached hydrogens (tertiary/aromatic N) is 1. The summed E-state index contributed by atoms with van der Waals surface area (Å²) in [7, 11) is 4.21. The second-order valence-electron chi connectivity index (χ2n) is 4.85. The summed E-state index contributed by atoms with van der Waals surface area (Å²) in [6, 6.07) is 7.66. The van der Waals surface area contributed by atoms with Crippen LogP contribution in [0.25, 0.3) is 0 Å². The zero-order valence-electron chi connectivity index (χ0n) is 11.2. The molecule has 0 heterocycles. The van der Waals surface area contributed by atoms with Crippen molar-refractivity contribution in [2.24, 2.45) is 5.92 Å². The van der Waals surface area contributed by atoms with Gasteiger partial charge in [0, 0.05) is 6.54 Å². The van der Waals surface area contributed by atoms with E-state index < -0.39 is 0 Å². The molecular weight excluding hydrogens is 234 g/mol. The molecule has 0 radical (unpaired) electrons. The first-order valence-electron chi connectivity index (χ1n) is 5.98. The Morgan fingerprint density at radius 1 is 1.29 bits per heavy atom. The lowest BCUT2D eigenvalue weighted by atomic mass is 9.85. The zero-order chi connectivity index (χ0) is 12.1. The highest BCUT2D eigenvalue weighted by Gasteiger charge is 2.18. The van der Waals surface area contributed by atoms with Gasteiger partial charge in [-0.25, -0.2) is 0 Å². The fourth-order valence-corrected chi connectivity index (χ4v) is 2.43. The van der Waals surface area contributed by atoms with Crippen LogP contribution >= 0.6 is 12.4 Å². The van der Waals surface area contributed by atoms with Gasteiger partial charge >= 0.3 is 0 Å². The molecule has 0 spiro atoms. The Balaban J connectivity index is 0.00000256. The van der Waals surface area contributed by atoms with Crippen LogP contribution in [0.15, 0.2) is 24.3 Å². The monoisotopic (exact) mass is 257 g/mol. The van der Waals surface area contributed by atoms with Crippen molar-refractivity contribution in [3.8, 4) is 5.75 Å². The van der Waals surface area contributed by atoms with Gasteiger partial charge < -0.3 is 10.0 Å². The fraction of sp³-hybridized carbons (Fsp3) is 0.571. The molecule has 0 amide bonds. The quantitative estimate of drug-likeness (QED) is 0.873. The van der Waals surface area contributed by atoms with Crippen LogP contribution in [0, 0.1) is 5.92 Å². The number of hydrogen-bond acceptors (Lipinski definition) is 2. The average molecular weight is 258 g/mol. The van der Waals surface area contributed by atoms with Gasteiger partial charge in [0.25, 0.3) is 0 Å². The Hall–Kier alpha value is -0.730. The van der Waals surface area contributed by atoms with Crippen LogP contribution in [-0.4, -0.2) is 30.6 Å². The van der Waals surface area contributed by atoms with Crippen molar-refractivity contribution in [1.29, 1.82) is 0 Å². The van der Waals surface area contributed by atoms with Gasteiger partial charge in [0.05, 0.1) is 0 Å². The second kappa shape index (κ2) is 7.57. The number of aromatic hydroxyl groups is 1. The third-order valence-electron chi connectivity index (χ3n) is 3.08. The van der Waals surface area contributed by atoms with Gasteiger partial charge in [-0.1, -0.05) is 26.0 Å². The standard InChI is InChI=1S/C14H23NO.ClH/c1-5-14(11(2)10-15(3)4)12-7-6-8-13(16)9-12;/h6-9,11,14,16H,5,10H2,1-4H3;1H/t11-,14+;/m0./s1. The lowest BCUT2D eigenvalue weighted by molar-refractivity contribution is 0.301. The fourth-order valence-electron chi connectivity index (χ4n) is 2.43. The Morgan fingerprint density at radius 2 is 1.94 bits per heavy atom. The Morgan fingerprint density at radius 3 is 2.41 bits per heavy atom. The highest BCUT2D eigenvalue weighted by molar-refractivity contribution is 5.85. The first-order chi connectivity index (χ1) is 7.54. The molecule has 1 N–H and O–H groups in total. The largest absolute Gasteiger partial charge is 0.508 e. The van der Waals surface area contributed by atoms with Crippen molar-refractivity contribution in [3.63, 3.8) is 0 Å². The molecule has 0 unspecified atom stereocenters. The van der Waals surface area contributed by atoms with Crippen molar-refractivity contribution in [2.45, 2.75) is 26.2 Å². The molecule has 0 saturated heterocycles. The van der Waals surface area contributed by atoms with E-state index in [0.717, 1.165) is 13.0 Å². The topological polar surface area (TPSA) is 23.5 Å². The van der Waals surface area contributed by atoms with Crippen molar-refractivity contribution in [1.82, 2.24) is 4.90 Å². The molecule has 0 aliphatic rings. The summed E-state index contributed by atoms with van der Waals surface area (Å²) in [5, 5.41) is 9.51. The number of hydrogen-bond donors (Lipinski definition) is 1. The summed E-state index contributed by atoms with van der Waals surface area (Å²) in [5.41, 5.74) is 1.25. The van der Waals surface area contributed by atoms with Gasteiger partial charge in [0.1, 0.15) is 5.75 Å². The third-order valence-corrected chi connectivity index (χ3v) is 3.08. The molecule has 0 aliphatic carbocycles. The number of halogens is 1. The minimum absolute atomic E-state index is 0. The van der Waals surface area contributed by atoms with Crippen LogP contribution in [0.5, 0.6) is 5.75 Å². The normalized spacial score (nSPS) is 14.2. The summed E-state index contributed by atoms with van der Waals surface area (Å²) in [4.78, 5) is 2.22. The van der Waals surface area contributed by atoms with Crippen LogP contribution in [-0.2, 0) is 0 Å². The second-order valence-corrected chi connectivity index (χ2v) is 4.85. The maximum Gasteiger partial charge on any atom is 0.115 e. The van der Waals surface area contributed by atoms with Crippen molar-refractivity contribution in [3.05, 3.63) is 29.8 Å². The lowest BCUT2D eigenvalue weighted by Gasteiger charge is -2.26. The van der Waals surface area contributed by atoms with E-state index in [1.807, 2.05) is 12.1 Å². The van der Waals surface area contributed by atoms with E-state index in [-0.39, 0.29) is 12.4 Å². The summed E-state index contributed by atoms with van der Waals surface area (Å²) < 4.78 is 0. The molecule has 0 aromatic heterocycles. The van der Waals surface area contributed by atoms with E-state index in [4.69, 9.17) is 0 Å². The van der Waals surface area contributed by atoms with Crippen LogP contribution in [0.2, 0.25) is 0 Å². The minimum Gasteiger partial charge on any atom is -0.508 e. The minimum atomic E-state index is 0. The third kappa shape index (κ3) is 4.97. The van der Waals surface area contributed by atoms with E-state index in [2.05, 4.69) is 38.9 Å². The van der Waals surface area contributed by atoms with E-state index in [1.165, 1.54) is 5.56 Å². The molecule has 1 rings (SSSR count). The predicted molar refractivity (Wildman–Crippen MR) is 76.1 cm³/mol. The summed E-state index contributed by atoms with van der Waals surface area (Å²) in [5.74, 6) is 1.49. The average Bonchev–Trinajstić information content (AvgIpc) is 2.17. The Labute approximate surface area is 111 Å². The molecule has 0 saturated carbocycles. The first-order valence-corrected chi connectivity index (χ1v) is 5.98. The molecule has 0 aliphatic heterocycles. The summed E-state index contributed by atoms with van der Waals surface area (Å²) in [6.45, 7) is 5.56. The Kier molecular flexibility index (Phi) is 7.24. The van der Waals surface area contributed by atoms with E-state index in [1.54, 1.807) is 6.07 Å². The molecule has 0 fully saturated rings. The molecule has 3 heteroatoms. The molecule has 0 bridgehead atoms. The van der Waals surface area contributed by atoms with Crippen molar-refractivity contribution < 1.29 is 5.11 Å². The van der Waals surface area contributed by atoms with Crippen LogP contribution in [0.3, 0.4) is 0 Å². The number of rotatable bonds is 5. The number of benzene rings is 1. The molecule has 98 valence electrons. The van der Waals surface area contributed by atoms with Gasteiger partial charge in [-0.15, -0.1) is 12.4 Å². The highest BCUT2D eigenvalue weighted by Crippen LogP contribution is 2.30. The summed E-state index contributed by atoms with van der Waals surface area (Å²) >= 11 is 0. The molecule has 2 nitrogen and oxygen atoms in total. The van der Waals surface area contributed by atoms with Gasteiger partial charge in [0.15, 0.2) is 0 Å². The lowest BCUT2D eigenvalue weighted by Crippen LogP contribution is -2.24. The predicted octanol–water partition coefficient (Wildman–Crippen LogP) is 3.51. The molecule has 17 heavy (non-hydrogen) atoms. The first kappa shape index (κ1) is 16.3. The molecule has 1 aromatic carbocycles. The van der Waals surface area contributed by atoms with Gasteiger partial charge in [-0.05, 0) is 50.0 Å². The Bertz CT molecular complexity index is 328.